The van der Waals surface area contributed by atoms with E-state index < -0.39 is 23.9 Å². The lowest BCUT2D eigenvalue weighted by atomic mass is 10.0. The minimum absolute atomic E-state index is 0.137. The molecule has 134 valence electrons. The fourth-order valence-corrected chi connectivity index (χ4v) is 2.03. The van der Waals surface area contributed by atoms with E-state index in [0.29, 0.717) is 23.2 Å². The van der Waals surface area contributed by atoms with Crippen LogP contribution in [0.4, 0.5) is 4.79 Å². The molecular weight excluding hydrogens is 314 g/mol. The van der Waals surface area contributed by atoms with Crippen LogP contribution in [-0.2, 0) is 4.74 Å². The molecule has 1 amide bonds. The van der Waals surface area contributed by atoms with Gasteiger partial charge in [0.15, 0.2) is 6.29 Å². The first-order chi connectivity index (χ1) is 11.2. The predicted octanol–water partition coefficient (Wildman–Crippen LogP) is 1.82. The van der Waals surface area contributed by atoms with E-state index in [2.05, 4.69) is 5.32 Å². The van der Waals surface area contributed by atoms with Crippen molar-refractivity contribution in [2.45, 2.75) is 45.0 Å². The van der Waals surface area contributed by atoms with Crippen LogP contribution >= 0.6 is 0 Å². The molecular formula is C17H25NO6. The Balaban J connectivity index is 2.57. The maximum atomic E-state index is 11.5. The van der Waals surface area contributed by atoms with Crippen LogP contribution in [0.3, 0.4) is 0 Å². The van der Waals surface area contributed by atoms with Crippen molar-refractivity contribution in [2.24, 2.45) is 0 Å². The highest BCUT2D eigenvalue weighted by atomic mass is 16.6. The molecule has 7 heteroatoms. The van der Waals surface area contributed by atoms with Crippen molar-refractivity contribution in [3.05, 3.63) is 29.3 Å². The largest absolute Gasteiger partial charge is 0.496 e. The topological polar surface area (TPSA) is 105 Å². The number of alkyl carbamates (subject to hydrolysis) is 1. The molecule has 0 heterocycles. The molecule has 0 saturated carbocycles. The molecule has 0 spiro atoms. The first-order valence-electron chi connectivity index (χ1n) is 7.64. The number of aliphatic hydroxyl groups is 2. The van der Waals surface area contributed by atoms with E-state index in [0.717, 1.165) is 0 Å². The van der Waals surface area contributed by atoms with E-state index in [1.807, 2.05) is 0 Å². The minimum atomic E-state index is -1.17. The summed E-state index contributed by atoms with van der Waals surface area (Å²) in [6, 6.07) is 4.55. The first-order valence-corrected chi connectivity index (χ1v) is 7.64. The van der Waals surface area contributed by atoms with Crippen LogP contribution in [0.2, 0.25) is 0 Å². The normalized spacial score (nSPS) is 13.8. The minimum Gasteiger partial charge on any atom is -0.496 e. The van der Waals surface area contributed by atoms with Gasteiger partial charge in [-0.15, -0.1) is 0 Å². The number of aliphatic hydroxyl groups excluding tert-OH is 2. The van der Waals surface area contributed by atoms with E-state index in [-0.39, 0.29) is 13.0 Å². The molecule has 0 aliphatic carbocycles. The molecule has 0 aliphatic rings. The zero-order valence-corrected chi connectivity index (χ0v) is 14.4. The Bertz CT molecular complexity index is 567. The van der Waals surface area contributed by atoms with Crippen LogP contribution in [0, 0.1) is 0 Å². The van der Waals surface area contributed by atoms with E-state index in [1.54, 1.807) is 26.8 Å². The Morgan fingerprint density at radius 3 is 2.54 bits per heavy atom. The summed E-state index contributed by atoms with van der Waals surface area (Å²) in [6.07, 6.45) is -2.05. The maximum Gasteiger partial charge on any atom is 0.407 e. The van der Waals surface area contributed by atoms with Gasteiger partial charge in [0.2, 0.25) is 0 Å². The molecule has 1 aromatic carbocycles. The van der Waals surface area contributed by atoms with Crippen LogP contribution in [0.15, 0.2) is 18.2 Å². The number of aldehydes is 1. The molecule has 1 rings (SSSR count). The second-order valence-corrected chi connectivity index (χ2v) is 6.35. The van der Waals surface area contributed by atoms with Gasteiger partial charge in [0.1, 0.15) is 17.5 Å². The Hall–Kier alpha value is -2.12. The number of carbonyl (C=O) groups excluding carboxylic acids is 2. The number of methoxy groups -OCH3 is 1. The Morgan fingerprint density at radius 2 is 2.00 bits per heavy atom. The third-order valence-electron chi connectivity index (χ3n) is 3.20. The first kappa shape index (κ1) is 19.9. The Labute approximate surface area is 141 Å². The molecule has 24 heavy (non-hydrogen) atoms. The second kappa shape index (κ2) is 8.65. The number of hydrogen-bond acceptors (Lipinski definition) is 6. The lowest BCUT2D eigenvalue weighted by Gasteiger charge is -2.21. The number of nitrogens with one attached hydrogen (secondary N) is 1. The summed E-state index contributed by atoms with van der Waals surface area (Å²) in [5.74, 6) is 0.320. The summed E-state index contributed by atoms with van der Waals surface area (Å²) in [5.41, 5.74) is 0.177. The second-order valence-electron chi connectivity index (χ2n) is 6.35. The van der Waals surface area contributed by atoms with Crippen LogP contribution < -0.4 is 10.1 Å². The molecule has 2 atom stereocenters. The highest BCUT2D eigenvalue weighted by Gasteiger charge is 2.21. The fraction of sp³-hybridized carbons (Fsp3) is 0.529. The van der Waals surface area contributed by atoms with E-state index in [1.165, 1.54) is 19.2 Å². The van der Waals surface area contributed by atoms with Gasteiger partial charge in [0, 0.05) is 6.54 Å². The van der Waals surface area contributed by atoms with Crippen LogP contribution in [0.25, 0.3) is 0 Å². The predicted molar refractivity (Wildman–Crippen MR) is 88.2 cm³/mol. The quantitative estimate of drug-likeness (QED) is 0.655. The molecule has 0 saturated heterocycles. The van der Waals surface area contributed by atoms with Crippen molar-refractivity contribution in [2.75, 3.05) is 13.7 Å². The lowest BCUT2D eigenvalue weighted by Crippen LogP contribution is -2.34. The molecule has 0 aromatic heterocycles. The molecule has 0 fully saturated rings. The zero-order chi connectivity index (χ0) is 18.3. The number of benzene rings is 1. The SMILES string of the molecule is COc1cc(C(O)C(O)CCNC(=O)OC(C)(C)C)ccc1C=O. The molecule has 7 nitrogen and oxygen atoms in total. The van der Waals surface area contributed by atoms with Gasteiger partial charge in [-0.1, -0.05) is 6.07 Å². The smallest absolute Gasteiger partial charge is 0.407 e. The molecule has 3 N–H and O–H groups in total. The van der Waals surface area contributed by atoms with Gasteiger partial charge in [-0.05, 0) is 44.9 Å². The van der Waals surface area contributed by atoms with E-state index in [4.69, 9.17) is 9.47 Å². The van der Waals surface area contributed by atoms with Gasteiger partial charge in [0.25, 0.3) is 0 Å². The van der Waals surface area contributed by atoms with Crippen molar-refractivity contribution in [3.63, 3.8) is 0 Å². The van der Waals surface area contributed by atoms with Crippen LogP contribution in [0.5, 0.6) is 5.75 Å². The van der Waals surface area contributed by atoms with E-state index >= 15 is 0 Å². The van der Waals surface area contributed by atoms with Crippen molar-refractivity contribution in [1.82, 2.24) is 5.32 Å². The third-order valence-corrected chi connectivity index (χ3v) is 3.20. The third kappa shape index (κ3) is 6.17. The average Bonchev–Trinajstić information content (AvgIpc) is 2.51. The van der Waals surface area contributed by atoms with Crippen molar-refractivity contribution < 1.29 is 29.3 Å². The highest BCUT2D eigenvalue weighted by molar-refractivity contribution is 5.79. The van der Waals surface area contributed by atoms with Gasteiger partial charge in [-0.3, -0.25) is 4.79 Å². The zero-order valence-electron chi connectivity index (χ0n) is 14.4. The molecule has 2 unspecified atom stereocenters. The van der Waals surface area contributed by atoms with Crippen molar-refractivity contribution in [3.8, 4) is 5.75 Å². The number of ether oxygens (including phenoxy) is 2. The van der Waals surface area contributed by atoms with Gasteiger partial charge < -0.3 is 25.0 Å². The fourth-order valence-electron chi connectivity index (χ4n) is 2.03. The summed E-state index contributed by atoms with van der Waals surface area (Å²) >= 11 is 0. The summed E-state index contributed by atoms with van der Waals surface area (Å²) in [4.78, 5) is 22.4. The summed E-state index contributed by atoms with van der Waals surface area (Å²) in [7, 11) is 1.42. The molecule has 0 aliphatic heterocycles. The summed E-state index contributed by atoms with van der Waals surface area (Å²) in [6.45, 7) is 5.40. The number of carbonyl (C=O) groups is 2. The lowest BCUT2D eigenvalue weighted by molar-refractivity contribution is 0.0122. The standard InChI is InChI=1S/C17H25NO6/c1-17(2,3)24-16(22)18-8-7-13(20)15(21)11-5-6-12(10-19)14(9-11)23-4/h5-6,9-10,13,15,20-21H,7-8H2,1-4H3,(H,18,22). The highest BCUT2D eigenvalue weighted by Crippen LogP contribution is 2.25. The van der Waals surface area contributed by atoms with Crippen molar-refractivity contribution >= 4 is 12.4 Å². The number of amides is 1. The Kier molecular flexibility index (Phi) is 7.18. The Morgan fingerprint density at radius 1 is 1.33 bits per heavy atom. The monoisotopic (exact) mass is 339 g/mol. The molecule has 0 bridgehead atoms. The van der Waals surface area contributed by atoms with Crippen molar-refractivity contribution in [1.29, 1.82) is 0 Å². The van der Waals surface area contributed by atoms with Crippen LogP contribution in [-0.4, -0.2) is 48.0 Å². The maximum absolute atomic E-state index is 11.5. The summed E-state index contributed by atoms with van der Waals surface area (Å²) in [5, 5.41) is 22.8. The number of hydrogen-bond donors (Lipinski definition) is 3. The van der Waals surface area contributed by atoms with Gasteiger partial charge >= 0.3 is 6.09 Å². The number of rotatable bonds is 7. The van der Waals surface area contributed by atoms with Gasteiger partial charge in [-0.25, -0.2) is 4.79 Å². The molecule has 1 aromatic rings. The average molecular weight is 339 g/mol. The van der Waals surface area contributed by atoms with Crippen LogP contribution in [0.1, 0.15) is 49.2 Å². The van der Waals surface area contributed by atoms with Gasteiger partial charge in [0.05, 0.1) is 18.8 Å². The summed E-state index contributed by atoms with van der Waals surface area (Å²) < 4.78 is 10.1. The van der Waals surface area contributed by atoms with Gasteiger partial charge in [-0.2, -0.15) is 0 Å². The van der Waals surface area contributed by atoms with E-state index in [9.17, 15) is 19.8 Å². The molecule has 0 radical (unpaired) electrons.